The number of hydrogen-bond acceptors (Lipinski definition) is 1. The molecule has 0 aliphatic carbocycles. The first-order valence-electron chi connectivity index (χ1n) is 5.24. The highest BCUT2D eigenvalue weighted by Crippen LogP contribution is 2.32. The van der Waals surface area contributed by atoms with Gasteiger partial charge in [-0.3, -0.25) is 0 Å². The predicted octanol–water partition coefficient (Wildman–Crippen LogP) is 3.89. The highest BCUT2D eigenvalue weighted by atomic mass is 79.9. The average Bonchev–Trinajstić information content (AvgIpc) is 2.30. The van der Waals surface area contributed by atoms with Crippen molar-refractivity contribution in [3.8, 4) is 0 Å². The van der Waals surface area contributed by atoms with Crippen LogP contribution in [0.1, 0.15) is 24.6 Å². The van der Waals surface area contributed by atoms with E-state index in [1.54, 1.807) is 0 Å². The molecule has 0 saturated carbocycles. The van der Waals surface area contributed by atoms with Crippen LogP contribution in [-0.4, -0.2) is 13.2 Å². The van der Waals surface area contributed by atoms with Gasteiger partial charge in [-0.15, -0.1) is 0 Å². The Bertz CT molecular complexity index is 306. The van der Waals surface area contributed by atoms with Gasteiger partial charge in [-0.25, -0.2) is 4.39 Å². The Kier molecular flexibility index (Phi) is 3.76. The maximum atomic E-state index is 14.1. The summed E-state index contributed by atoms with van der Waals surface area (Å²) in [5.74, 6) is 0.0277. The van der Waals surface area contributed by atoms with E-state index in [-0.39, 0.29) is 5.92 Å². The normalized spacial score (nSPS) is 23.7. The van der Waals surface area contributed by atoms with Gasteiger partial charge in [0.1, 0.15) is 6.17 Å². The van der Waals surface area contributed by atoms with E-state index in [2.05, 4.69) is 15.9 Å². The van der Waals surface area contributed by atoms with E-state index in [9.17, 15) is 4.39 Å². The first kappa shape index (κ1) is 11.1. The lowest BCUT2D eigenvalue weighted by atomic mass is 9.92. The Morgan fingerprint density at radius 2 is 2.07 bits per heavy atom. The van der Waals surface area contributed by atoms with E-state index >= 15 is 0 Å². The smallest absolute Gasteiger partial charge is 0.130 e. The molecular weight excluding hydrogens is 259 g/mol. The quantitative estimate of drug-likeness (QED) is 0.794. The van der Waals surface area contributed by atoms with Crippen LogP contribution in [0.5, 0.6) is 0 Å². The second-order valence-corrected chi connectivity index (χ2v) is 4.85. The largest absolute Gasteiger partial charge is 0.381 e. The molecule has 0 N–H and O–H groups in total. The number of alkyl halides is 1. The molecule has 2 unspecified atom stereocenters. The summed E-state index contributed by atoms with van der Waals surface area (Å²) in [5, 5.41) is 0. The first-order valence-corrected chi connectivity index (χ1v) is 6.04. The van der Waals surface area contributed by atoms with E-state index in [1.165, 1.54) is 0 Å². The molecule has 0 radical (unpaired) electrons. The Morgan fingerprint density at radius 1 is 1.33 bits per heavy atom. The molecule has 1 aromatic rings. The summed E-state index contributed by atoms with van der Waals surface area (Å²) < 4.78 is 20.3. The number of halogens is 2. The van der Waals surface area contributed by atoms with Gasteiger partial charge in [0.2, 0.25) is 0 Å². The predicted molar refractivity (Wildman–Crippen MR) is 61.5 cm³/mol. The van der Waals surface area contributed by atoms with Gasteiger partial charge in [0.05, 0.1) is 6.61 Å². The fourth-order valence-electron chi connectivity index (χ4n) is 1.92. The molecule has 2 rings (SSSR count). The number of benzene rings is 1. The van der Waals surface area contributed by atoms with E-state index in [0.29, 0.717) is 6.61 Å². The van der Waals surface area contributed by atoms with Crippen LogP contribution in [0.4, 0.5) is 4.39 Å². The molecule has 0 aromatic heterocycles. The first-order chi connectivity index (χ1) is 7.27. The van der Waals surface area contributed by atoms with Crippen molar-refractivity contribution in [2.75, 3.05) is 13.2 Å². The van der Waals surface area contributed by atoms with Gasteiger partial charge in [-0.05, 0) is 30.5 Å². The molecule has 1 fully saturated rings. The molecule has 3 heteroatoms. The fraction of sp³-hybridized carbons (Fsp3) is 0.500. The molecule has 82 valence electrons. The highest BCUT2D eigenvalue weighted by Gasteiger charge is 2.25. The summed E-state index contributed by atoms with van der Waals surface area (Å²) >= 11 is 3.34. The van der Waals surface area contributed by atoms with Crippen molar-refractivity contribution in [1.29, 1.82) is 0 Å². The van der Waals surface area contributed by atoms with E-state index < -0.39 is 6.17 Å². The van der Waals surface area contributed by atoms with Gasteiger partial charge in [-0.2, -0.15) is 0 Å². The summed E-state index contributed by atoms with van der Waals surface area (Å²) in [4.78, 5) is 0. The molecule has 15 heavy (non-hydrogen) atoms. The third kappa shape index (κ3) is 2.79. The van der Waals surface area contributed by atoms with E-state index in [0.717, 1.165) is 29.5 Å². The van der Waals surface area contributed by atoms with Crippen molar-refractivity contribution in [2.45, 2.75) is 19.0 Å². The molecule has 1 aromatic carbocycles. The molecule has 0 spiro atoms. The third-order valence-corrected chi connectivity index (χ3v) is 3.33. The summed E-state index contributed by atoms with van der Waals surface area (Å²) in [6.07, 6.45) is 1.01. The summed E-state index contributed by atoms with van der Waals surface area (Å²) in [5.41, 5.74) is 0.758. The lowest BCUT2D eigenvalue weighted by Crippen LogP contribution is -2.21. The van der Waals surface area contributed by atoms with Crippen molar-refractivity contribution in [1.82, 2.24) is 0 Å². The van der Waals surface area contributed by atoms with Crippen LogP contribution in [0.25, 0.3) is 0 Å². The van der Waals surface area contributed by atoms with Crippen LogP contribution >= 0.6 is 15.9 Å². The second kappa shape index (κ2) is 5.08. The molecule has 1 aliphatic heterocycles. The molecule has 1 heterocycles. The van der Waals surface area contributed by atoms with Crippen molar-refractivity contribution in [3.05, 3.63) is 34.3 Å². The molecule has 2 atom stereocenters. The zero-order valence-corrected chi connectivity index (χ0v) is 10.0. The zero-order valence-electron chi connectivity index (χ0n) is 8.46. The van der Waals surface area contributed by atoms with Crippen molar-refractivity contribution in [2.24, 2.45) is 5.92 Å². The topological polar surface area (TPSA) is 9.23 Å². The van der Waals surface area contributed by atoms with Gasteiger partial charge in [0.25, 0.3) is 0 Å². The van der Waals surface area contributed by atoms with Crippen molar-refractivity contribution >= 4 is 15.9 Å². The lowest BCUT2D eigenvalue weighted by molar-refractivity contribution is 0.0197. The average molecular weight is 273 g/mol. The number of hydrogen-bond donors (Lipinski definition) is 0. The van der Waals surface area contributed by atoms with E-state index in [4.69, 9.17) is 4.74 Å². The zero-order chi connectivity index (χ0) is 10.7. The van der Waals surface area contributed by atoms with Crippen LogP contribution in [-0.2, 0) is 4.74 Å². The van der Waals surface area contributed by atoms with Crippen LogP contribution in [0, 0.1) is 5.92 Å². The van der Waals surface area contributed by atoms with Gasteiger partial charge >= 0.3 is 0 Å². The maximum Gasteiger partial charge on any atom is 0.130 e. The third-order valence-electron chi connectivity index (χ3n) is 2.80. The number of rotatable bonds is 2. The molecule has 0 bridgehead atoms. The van der Waals surface area contributed by atoms with Gasteiger partial charge in [-0.1, -0.05) is 28.1 Å². The minimum atomic E-state index is -0.890. The second-order valence-electron chi connectivity index (χ2n) is 3.93. The number of ether oxygens (including phenoxy) is 1. The van der Waals surface area contributed by atoms with Gasteiger partial charge in [0, 0.05) is 17.0 Å². The van der Waals surface area contributed by atoms with Crippen LogP contribution in [0.2, 0.25) is 0 Å². The molecule has 1 saturated heterocycles. The summed E-state index contributed by atoms with van der Waals surface area (Å²) in [6.45, 7) is 1.33. The van der Waals surface area contributed by atoms with Crippen LogP contribution in [0.3, 0.4) is 0 Å². The minimum absolute atomic E-state index is 0.0277. The Hall–Kier alpha value is -0.410. The highest BCUT2D eigenvalue weighted by molar-refractivity contribution is 9.10. The molecule has 0 amide bonds. The Balaban J connectivity index is 2.05. The standard InChI is InChI=1S/C12H14BrFO/c13-11-5-3-9(4-6-11)12(14)10-2-1-7-15-8-10/h3-6,10,12H,1-2,7-8H2. The van der Waals surface area contributed by atoms with Crippen LogP contribution in [0.15, 0.2) is 28.7 Å². The monoisotopic (exact) mass is 272 g/mol. The summed E-state index contributed by atoms with van der Waals surface area (Å²) in [7, 11) is 0. The molecule has 1 aliphatic rings. The van der Waals surface area contributed by atoms with Crippen molar-refractivity contribution in [3.63, 3.8) is 0 Å². The Morgan fingerprint density at radius 3 is 2.67 bits per heavy atom. The lowest BCUT2D eigenvalue weighted by Gasteiger charge is -2.25. The van der Waals surface area contributed by atoms with Gasteiger partial charge in [0.15, 0.2) is 0 Å². The van der Waals surface area contributed by atoms with E-state index in [1.807, 2.05) is 24.3 Å². The SMILES string of the molecule is FC(c1ccc(Br)cc1)C1CCCOC1. The van der Waals surface area contributed by atoms with Crippen molar-refractivity contribution < 1.29 is 9.13 Å². The molecule has 1 nitrogen and oxygen atoms in total. The van der Waals surface area contributed by atoms with Gasteiger partial charge < -0.3 is 4.74 Å². The molecular formula is C12H14BrFO. The fourth-order valence-corrected chi connectivity index (χ4v) is 2.18. The Labute approximate surface area is 97.8 Å². The maximum absolute atomic E-state index is 14.1. The summed E-state index contributed by atoms with van der Waals surface area (Å²) in [6, 6.07) is 7.43. The van der Waals surface area contributed by atoms with Crippen LogP contribution < -0.4 is 0 Å². The minimum Gasteiger partial charge on any atom is -0.381 e.